The molecule has 0 aliphatic heterocycles. The molecule has 0 heterocycles. The number of nitrogens with one attached hydrogen (secondary N) is 2. The van der Waals surface area contributed by atoms with Crippen LogP contribution in [0.4, 0.5) is 5.69 Å². The van der Waals surface area contributed by atoms with E-state index in [1.807, 2.05) is 38.2 Å². The summed E-state index contributed by atoms with van der Waals surface area (Å²) in [5, 5.41) is 6.98. The van der Waals surface area contributed by atoms with Gasteiger partial charge in [-0.3, -0.25) is 4.79 Å². The Bertz CT molecular complexity index is 544. The monoisotopic (exact) mass is 333 g/mol. The summed E-state index contributed by atoms with van der Waals surface area (Å²) < 4.78 is 0. The fourth-order valence-electron chi connectivity index (χ4n) is 2.92. The topological polar surface area (TPSA) is 44.4 Å². The lowest BCUT2D eigenvalue weighted by atomic mass is 9.86. The van der Waals surface area contributed by atoms with Crippen LogP contribution in [0.2, 0.25) is 0 Å². The predicted molar refractivity (Wildman–Crippen MR) is 99.6 cm³/mol. The Kier molecular flexibility index (Phi) is 6.39. The van der Waals surface area contributed by atoms with Gasteiger partial charge in [-0.15, -0.1) is 0 Å². The molecular formula is C18H27N3OS. The molecular weight excluding hydrogens is 306 g/mol. The molecule has 1 fully saturated rings. The SMILES string of the molecule is Cc1ccc(NC(=O)CN(C)C(=S)N[C@H]2CCCC[C@H]2C)cc1. The summed E-state index contributed by atoms with van der Waals surface area (Å²) >= 11 is 5.45. The number of rotatable bonds is 4. The lowest BCUT2D eigenvalue weighted by Gasteiger charge is -2.32. The molecule has 23 heavy (non-hydrogen) atoms. The molecule has 2 N–H and O–H groups in total. The van der Waals surface area contributed by atoms with Gasteiger partial charge in [-0.1, -0.05) is 37.5 Å². The molecule has 2 rings (SSSR count). The average Bonchev–Trinajstić information content (AvgIpc) is 2.51. The van der Waals surface area contributed by atoms with Crippen molar-refractivity contribution in [3.8, 4) is 0 Å². The normalized spacial score (nSPS) is 20.7. The van der Waals surface area contributed by atoms with E-state index in [1.165, 1.54) is 24.8 Å². The number of amides is 1. The predicted octanol–water partition coefficient (Wildman–Crippen LogP) is 3.32. The standard InChI is InChI=1S/C18H27N3OS/c1-13-8-10-15(11-9-13)19-17(22)12-21(3)18(23)20-16-7-5-4-6-14(16)2/h8-11,14,16H,4-7,12H2,1-3H3,(H,19,22)(H,20,23)/t14-,16+/m1/s1. The number of benzene rings is 1. The fraction of sp³-hybridized carbons (Fsp3) is 0.556. The van der Waals surface area contributed by atoms with Gasteiger partial charge in [0.15, 0.2) is 5.11 Å². The highest BCUT2D eigenvalue weighted by Crippen LogP contribution is 2.23. The molecule has 1 aromatic carbocycles. The summed E-state index contributed by atoms with van der Waals surface area (Å²) in [4.78, 5) is 13.9. The van der Waals surface area contributed by atoms with E-state index >= 15 is 0 Å². The van der Waals surface area contributed by atoms with Crippen LogP contribution in [-0.2, 0) is 4.79 Å². The minimum Gasteiger partial charge on any atom is -0.360 e. The molecule has 0 saturated heterocycles. The number of likely N-dealkylation sites (N-methyl/N-ethyl adjacent to an activating group) is 1. The van der Waals surface area contributed by atoms with E-state index < -0.39 is 0 Å². The minimum absolute atomic E-state index is 0.0582. The molecule has 126 valence electrons. The Balaban J connectivity index is 1.80. The number of carbonyl (C=O) groups is 1. The molecule has 1 aliphatic carbocycles. The first-order valence-electron chi connectivity index (χ1n) is 8.34. The first-order chi connectivity index (χ1) is 11.0. The maximum atomic E-state index is 12.1. The van der Waals surface area contributed by atoms with Gasteiger partial charge in [-0.25, -0.2) is 0 Å². The second kappa shape index (κ2) is 8.29. The van der Waals surface area contributed by atoms with Gasteiger partial charge in [0, 0.05) is 18.8 Å². The molecule has 2 atom stereocenters. The first kappa shape index (κ1) is 17.7. The summed E-state index contributed by atoms with van der Waals surface area (Å²) in [6, 6.07) is 8.21. The van der Waals surface area contributed by atoms with Crippen molar-refractivity contribution in [1.82, 2.24) is 10.2 Å². The van der Waals surface area contributed by atoms with Crippen molar-refractivity contribution in [1.29, 1.82) is 0 Å². The molecule has 1 aromatic rings. The average molecular weight is 334 g/mol. The number of hydrogen-bond acceptors (Lipinski definition) is 2. The van der Waals surface area contributed by atoms with Gasteiger partial charge in [-0.05, 0) is 50.0 Å². The highest BCUT2D eigenvalue weighted by atomic mass is 32.1. The lowest BCUT2D eigenvalue weighted by Crippen LogP contribution is -2.48. The van der Waals surface area contributed by atoms with E-state index in [4.69, 9.17) is 12.2 Å². The van der Waals surface area contributed by atoms with Crippen LogP contribution in [-0.4, -0.2) is 35.6 Å². The van der Waals surface area contributed by atoms with Crippen LogP contribution in [0, 0.1) is 12.8 Å². The Hall–Kier alpha value is -1.62. The summed E-state index contributed by atoms with van der Waals surface area (Å²) in [6.45, 7) is 4.54. The third-order valence-corrected chi connectivity index (χ3v) is 4.91. The zero-order valence-corrected chi connectivity index (χ0v) is 15.1. The van der Waals surface area contributed by atoms with Crippen LogP contribution >= 0.6 is 12.2 Å². The van der Waals surface area contributed by atoms with Crippen molar-refractivity contribution in [2.75, 3.05) is 18.9 Å². The Labute approximate surface area is 144 Å². The lowest BCUT2D eigenvalue weighted by molar-refractivity contribution is -0.116. The van der Waals surface area contributed by atoms with Gasteiger partial charge in [0.2, 0.25) is 5.91 Å². The largest absolute Gasteiger partial charge is 0.360 e. The second-order valence-corrected chi connectivity index (χ2v) is 6.97. The highest BCUT2D eigenvalue weighted by Gasteiger charge is 2.23. The van der Waals surface area contributed by atoms with Crippen molar-refractivity contribution in [2.45, 2.75) is 45.6 Å². The van der Waals surface area contributed by atoms with Crippen LogP contribution in [0.3, 0.4) is 0 Å². The van der Waals surface area contributed by atoms with Gasteiger partial charge >= 0.3 is 0 Å². The molecule has 0 unspecified atom stereocenters. The number of hydrogen-bond donors (Lipinski definition) is 2. The molecule has 4 nitrogen and oxygen atoms in total. The fourth-order valence-corrected chi connectivity index (χ4v) is 3.14. The zero-order chi connectivity index (χ0) is 16.8. The van der Waals surface area contributed by atoms with Crippen molar-refractivity contribution in [2.24, 2.45) is 5.92 Å². The zero-order valence-electron chi connectivity index (χ0n) is 14.3. The number of carbonyl (C=O) groups excluding carboxylic acids is 1. The van der Waals surface area contributed by atoms with E-state index in [9.17, 15) is 4.79 Å². The Morgan fingerprint density at radius 3 is 2.57 bits per heavy atom. The van der Waals surface area contributed by atoms with Crippen LogP contribution in [0.5, 0.6) is 0 Å². The third-order valence-electron chi connectivity index (χ3n) is 4.48. The van der Waals surface area contributed by atoms with Crippen LogP contribution < -0.4 is 10.6 Å². The van der Waals surface area contributed by atoms with E-state index in [1.54, 1.807) is 4.90 Å². The third kappa shape index (κ3) is 5.50. The highest BCUT2D eigenvalue weighted by molar-refractivity contribution is 7.80. The van der Waals surface area contributed by atoms with Crippen LogP contribution in [0.15, 0.2) is 24.3 Å². The van der Waals surface area contributed by atoms with Crippen molar-refractivity contribution >= 4 is 28.9 Å². The van der Waals surface area contributed by atoms with Crippen molar-refractivity contribution < 1.29 is 4.79 Å². The van der Waals surface area contributed by atoms with Crippen LogP contribution in [0.1, 0.15) is 38.2 Å². The molecule has 1 saturated carbocycles. The van der Waals surface area contributed by atoms with E-state index in [0.29, 0.717) is 17.1 Å². The minimum atomic E-state index is -0.0582. The van der Waals surface area contributed by atoms with Crippen LogP contribution in [0.25, 0.3) is 0 Å². The first-order valence-corrected chi connectivity index (χ1v) is 8.74. The van der Waals surface area contributed by atoms with E-state index in [2.05, 4.69) is 17.6 Å². The van der Waals surface area contributed by atoms with E-state index in [-0.39, 0.29) is 12.5 Å². The number of aryl methyl sites for hydroxylation is 1. The molecule has 0 radical (unpaired) electrons. The van der Waals surface area contributed by atoms with Gasteiger partial charge in [-0.2, -0.15) is 0 Å². The molecule has 5 heteroatoms. The Morgan fingerprint density at radius 2 is 1.91 bits per heavy atom. The molecule has 0 aromatic heterocycles. The Morgan fingerprint density at radius 1 is 1.26 bits per heavy atom. The maximum Gasteiger partial charge on any atom is 0.243 e. The summed E-state index contributed by atoms with van der Waals surface area (Å²) in [7, 11) is 1.86. The second-order valence-electron chi connectivity index (χ2n) is 6.59. The maximum absolute atomic E-state index is 12.1. The summed E-state index contributed by atoms with van der Waals surface area (Å²) in [6.07, 6.45) is 4.96. The van der Waals surface area contributed by atoms with Gasteiger partial charge in [0.05, 0.1) is 6.54 Å². The van der Waals surface area contributed by atoms with Gasteiger partial charge < -0.3 is 15.5 Å². The van der Waals surface area contributed by atoms with Gasteiger partial charge in [0.1, 0.15) is 0 Å². The van der Waals surface area contributed by atoms with E-state index in [0.717, 1.165) is 12.1 Å². The molecule has 1 amide bonds. The molecule has 0 spiro atoms. The molecule has 1 aliphatic rings. The number of thiocarbonyl (C=S) groups is 1. The summed E-state index contributed by atoms with van der Waals surface area (Å²) in [5.74, 6) is 0.577. The number of anilines is 1. The molecule has 0 bridgehead atoms. The number of nitrogens with zero attached hydrogens (tertiary/aromatic N) is 1. The smallest absolute Gasteiger partial charge is 0.243 e. The summed E-state index contributed by atoms with van der Waals surface area (Å²) in [5.41, 5.74) is 1.99. The van der Waals surface area contributed by atoms with Crippen molar-refractivity contribution in [3.05, 3.63) is 29.8 Å². The van der Waals surface area contributed by atoms with Crippen molar-refractivity contribution in [3.63, 3.8) is 0 Å². The van der Waals surface area contributed by atoms with Gasteiger partial charge in [0.25, 0.3) is 0 Å². The quantitative estimate of drug-likeness (QED) is 0.830.